The van der Waals surface area contributed by atoms with Crippen molar-refractivity contribution in [3.8, 4) is 5.75 Å². The second-order valence-electron chi connectivity index (χ2n) is 4.05. The molecule has 0 saturated heterocycles. The molecule has 0 aromatic heterocycles. The summed E-state index contributed by atoms with van der Waals surface area (Å²) >= 11 is 5.81. The molecular weight excluding hydrogens is 267 g/mol. The molecule has 3 nitrogen and oxygen atoms in total. The molecule has 0 spiro atoms. The van der Waals surface area contributed by atoms with Gasteiger partial charge in [-0.25, -0.2) is 4.39 Å². The van der Waals surface area contributed by atoms with E-state index in [1.54, 1.807) is 6.07 Å². The number of nitrogens with one attached hydrogen (secondary N) is 1. The van der Waals surface area contributed by atoms with Crippen LogP contribution in [-0.4, -0.2) is 7.11 Å². The van der Waals surface area contributed by atoms with Crippen molar-refractivity contribution in [1.29, 1.82) is 0 Å². The van der Waals surface area contributed by atoms with Gasteiger partial charge in [0, 0.05) is 23.7 Å². The van der Waals surface area contributed by atoms with E-state index in [1.807, 2.05) is 24.3 Å². The van der Waals surface area contributed by atoms with Crippen molar-refractivity contribution in [2.75, 3.05) is 18.2 Å². The van der Waals surface area contributed by atoms with Gasteiger partial charge >= 0.3 is 0 Å². The van der Waals surface area contributed by atoms with E-state index < -0.39 is 5.82 Å². The van der Waals surface area contributed by atoms with Gasteiger partial charge < -0.3 is 15.8 Å². The van der Waals surface area contributed by atoms with Gasteiger partial charge in [-0.2, -0.15) is 0 Å². The van der Waals surface area contributed by atoms with Crippen LogP contribution >= 0.6 is 11.6 Å². The third-order valence-corrected chi connectivity index (χ3v) is 2.97. The molecule has 0 aliphatic rings. The van der Waals surface area contributed by atoms with Gasteiger partial charge in [-0.3, -0.25) is 0 Å². The number of benzene rings is 2. The number of rotatable bonds is 4. The van der Waals surface area contributed by atoms with Crippen molar-refractivity contribution in [2.45, 2.75) is 6.54 Å². The van der Waals surface area contributed by atoms with Gasteiger partial charge in [-0.1, -0.05) is 23.7 Å². The lowest BCUT2D eigenvalue weighted by Gasteiger charge is -2.12. The van der Waals surface area contributed by atoms with Gasteiger partial charge in [-0.15, -0.1) is 0 Å². The molecule has 0 heterocycles. The molecule has 0 unspecified atom stereocenters. The highest BCUT2D eigenvalue weighted by Gasteiger charge is 2.08. The van der Waals surface area contributed by atoms with Crippen LogP contribution in [0.2, 0.25) is 5.02 Å². The highest BCUT2D eigenvalue weighted by atomic mass is 35.5. The molecule has 0 bridgehead atoms. The first-order valence-corrected chi connectivity index (χ1v) is 6.09. The predicted molar refractivity (Wildman–Crippen MR) is 76.1 cm³/mol. The standard InChI is InChI=1S/C14H14ClFN2O/c1-19-14-7-13(12(17)6-11(14)16)18-8-9-2-4-10(15)5-3-9/h2-7,18H,8,17H2,1H3. The Bertz CT molecular complexity index is 572. The minimum atomic E-state index is -0.475. The maximum Gasteiger partial charge on any atom is 0.167 e. The van der Waals surface area contributed by atoms with Crippen LogP contribution in [0.5, 0.6) is 5.75 Å². The van der Waals surface area contributed by atoms with Crippen molar-refractivity contribution in [3.05, 3.63) is 52.8 Å². The van der Waals surface area contributed by atoms with E-state index in [-0.39, 0.29) is 5.75 Å². The maximum atomic E-state index is 13.4. The van der Waals surface area contributed by atoms with Crippen molar-refractivity contribution in [2.24, 2.45) is 0 Å². The predicted octanol–water partition coefficient (Wildman–Crippen LogP) is 3.68. The summed E-state index contributed by atoms with van der Waals surface area (Å²) in [6, 6.07) is 10.2. The molecule has 0 saturated carbocycles. The lowest BCUT2D eigenvalue weighted by atomic mass is 10.2. The minimum Gasteiger partial charge on any atom is -0.494 e. The number of nitrogens with two attached hydrogens (primary N) is 1. The number of hydrogen-bond donors (Lipinski definition) is 2. The monoisotopic (exact) mass is 280 g/mol. The minimum absolute atomic E-state index is 0.160. The molecule has 2 rings (SSSR count). The fourth-order valence-corrected chi connectivity index (χ4v) is 1.80. The van der Waals surface area contributed by atoms with Crippen molar-refractivity contribution >= 4 is 23.0 Å². The number of ether oxygens (including phenoxy) is 1. The molecular formula is C14H14ClFN2O. The fourth-order valence-electron chi connectivity index (χ4n) is 1.68. The summed E-state index contributed by atoms with van der Waals surface area (Å²) in [6.07, 6.45) is 0. The van der Waals surface area contributed by atoms with Gasteiger partial charge in [0.1, 0.15) is 0 Å². The first-order valence-electron chi connectivity index (χ1n) is 5.71. The van der Waals surface area contributed by atoms with Gasteiger partial charge in [0.25, 0.3) is 0 Å². The van der Waals surface area contributed by atoms with Crippen LogP contribution in [0.3, 0.4) is 0 Å². The Balaban J connectivity index is 2.13. The van der Waals surface area contributed by atoms with Crippen LogP contribution < -0.4 is 15.8 Å². The molecule has 2 aromatic carbocycles. The lowest BCUT2D eigenvalue weighted by molar-refractivity contribution is 0.387. The van der Waals surface area contributed by atoms with Crippen LogP contribution in [0.1, 0.15) is 5.56 Å². The van der Waals surface area contributed by atoms with Gasteiger partial charge in [0.05, 0.1) is 18.5 Å². The lowest BCUT2D eigenvalue weighted by Crippen LogP contribution is -2.03. The van der Waals surface area contributed by atoms with E-state index in [2.05, 4.69) is 5.32 Å². The quantitative estimate of drug-likeness (QED) is 0.840. The number of halogens is 2. The van der Waals surface area contributed by atoms with E-state index in [1.165, 1.54) is 13.2 Å². The van der Waals surface area contributed by atoms with E-state index in [4.69, 9.17) is 22.1 Å². The van der Waals surface area contributed by atoms with Crippen LogP contribution in [0.25, 0.3) is 0 Å². The van der Waals surface area contributed by atoms with Crippen LogP contribution in [0.4, 0.5) is 15.8 Å². The van der Waals surface area contributed by atoms with Gasteiger partial charge in [-0.05, 0) is 17.7 Å². The Morgan fingerprint density at radius 3 is 2.58 bits per heavy atom. The second-order valence-corrected chi connectivity index (χ2v) is 4.49. The van der Waals surface area contributed by atoms with Crippen LogP contribution in [0, 0.1) is 5.82 Å². The molecule has 2 aromatic rings. The van der Waals surface area contributed by atoms with Gasteiger partial charge in [0.15, 0.2) is 11.6 Å². The number of anilines is 2. The molecule has 19 heavy (non-hydrogen) atoms. The third kappa shape index (κ3) is 3.29. The Hall–Kier alpha value is -1.94. The summed E-state index contributed by atoms with van der Waals surface area (Å²) in [6.45, 7) is 0.566. The zero-order valence-electron chi connectivity index (χ0n) is 10.4. The molecule has 3 N–H and O–H groups in total. The molecule has 0 fully saturated rings. The summed E-state index contributed by atoms with van der Waals surface area (Å²) < 4.78 is 18.3. The molecule has 0 aliphatic heterocycles. The fraction of sp³-hybridized carbons (Fsp3) is 0.143. The summed E-state index contributed by atoms with van der Waals surface area (Å²) in [7, 11) is 1.41. The zero-order valence-corrected chi connectivity index (χ0v) is 11.2. The summed E-state index contributed by atoms with van der Waals surface area (Å²) in [5, 5.41) is 3.82. The summed E-state index contributed by atoms with van der Waals surface area (Å²) in [4.78, 5) is 0. The van der Waals surface area contributed by atoms with Crippen molar-refractivity contribution in [1.82, 2.24) is 0 Å². The highest BCUT2D eigenvalue weighted by molar-refractivity contribution is 6.30. The average Bonchev–Trinajstić information content (AvgIpc) is 2.40. The van der Waals surface area contributed by atoms with Crippen molar-refractivity contribution < 1.29 is 9.13 Å². The molecule has 0 aliphatic carbocycles. The molecule has 0 atom stereocenters. The maximum absolute atomic E-state index is 13.4. The van der Waals surface area contributed by atoms with E-state index in [9.17, 15) is 4.39 Å². The normalized spacial score (nSPS) is 10.3. The first kappa shape index (κ1) is 13.5. The third-order valence-electron chi connectivity index (χ3n) is 2.72. The molecule has 5 heteroatoms. The Labute approximate surface area is 116 Å². The Morgan fingerprint density at radius 2 is 1.95 bits per heavy atom. The highest BCUT2D eigenvalue weighted by Crippen LogP contribution is 2.28. The number of methoxy groups -OCH3 is 1. The van der Waals surface area contributed by atoms with E-state index in [0.717, 1.165) is 5.56 Å². The van der Waals surface area contributed by atoms with E-state index in [0.29, 0.717) is 22.9 Å². The topological polar surface area (TPSA) is 47.3 Å². The van der Waals surface area contributed by atoms with Crippen LogP contribution in [-0.2, 0) is 6.54 Å². The number of nitrogen functional groups attached to an aromatic ring is 1. The second kappa shape index (κ2) is 5.80. The van der Waals surface area contributed by atoms with Crippen molar-refractivity contribution in [3.63, 3.8) is 0 Å². The Kier molecular flexibility index (Phi) is 4.12. The van der Waals surface area contributed by atoms with Gasteiger partial charge in [0.2, 0.25) is 0 Å². The van der Waals surface area contributed by atoms with E-state index >= 15 is 0 Å². The molecule has 0 radical (unpaired) electrons. The first-order chi connectivity index (χ1) is 9.10. The Morgan fingerprint density at radius 1 is 1.26 bits per heavy atom. The largest absolute Gasteiger partial charge is 0.494 e. The SMILES string of the molecule is COc1cc(NCc2ccc(Cl)cc2)c(N)cc1F. The van der Waals surface area contributed by atoms with Crippen LogP contribution in [0.15, 0.2) is 36.4 Å². The smallest absolute Gasteiger partial charge is 0.167 e. The number of hydrogen-bond acceptors (Lipinski definition) is 3. The average molecular weight is 281 g/mol. The molecule has 100 valence electrons. The molecule has 0 amide bonds. The zero-order chi connectivity index (χ0) is 13.8. The summed E-state index contributed by atoms with van der Waals surface area (Å²) in [5.74, 6) is -0.315. The summed E-state index contributed by atoms with van der Waals surface area (Å²) in [5.41, 5.74) is 7.77.